The fraction of sp³-hybridized carbons (Fsp3) is 0.211. The van der Waals surface area contributed by atoms with Gasteiger partial charge in [0.05, 0.1) is 17.4 Å². The van der Waals surface area contributed by atoms with Crippen LogP contribution in [0.25, 0.3) is 16.8 Å². The fourth-order valence-corrected chi connectivity index (χ4v) is 2.55. The molecule has 7 nitrogen and oxygen atoms in total. The molecule has 0 unspecified atom stereocenters. The lowest BCUT2D eigenvalue weighted by Crippen LogP contribution is -2.27. The topological polar surface area (TPSA) is 92.9 Å². The maximum absolute atomic E-state index is 11.9. The second-order valence-corrected chi connectivity index (χ2v) is 6.77. The lowest BCUT2D eigenvalue weighted by molar-refractivity contribution is 0.0634. The Balaban J connectivity index is 2.00. The van der Waals surface area contributed by atoms with Crippen molar-refractivity contribution in [3.63, 3.8) is 0 Å². The number of benzene rings is 1. The average molecular weight is 353 g/mol. The normalized spacial score (nSPS) is 11.3. The van der Waals surface area contributed by atoms with Gasteiger partial charge in [-0.15, -0.1) is 0 Å². The predicted molar refractivity (Wildman–Crippen MR) is 97.4 cm³/mol. The zero-order chi connectivity index (χ0) is 18.9. The van der Waals surface area contributed by atoms with Crippen molar-refractivity contribution in [2.24, 2.45) is 0 Å². The van der Waals surface area contributed by atoms with Gasteiger partial charge in [-0.1, -0.05) is 30.3 Å². The first-order valence-electron chi connectivity index (χ1n) is 8.06. The van der Waals surface area contributed by atoms with Gasteiger partial charge in [0.1, 0.15) is 16.9 Å². The average Bonchev–Trinajstić information content (AvgIpc) is 2.92. The molecule has 134 valence electrons. The van der Waals surface area contributed by atoms with Crippen LogP contribution in [0.15, 0.2) is 48.7 Å². The number of carboxylic acids is 1. The number of anilines is 1. The number of aromatic nitrogens is 2. The Morgan fingerprint density at radius 2 is 1.81 bits per heavy atom. The van der Waals surface area contributed by atoms with Crippen LogP contribution in [-0.4, -0.2) is 32.4 Å². The van der Waals surface area contributed by atoms with E-state index < -0.39 is 17.7 Å². The summed E-state index contributed by atoms with van der Waals surface area (Å²) in [5.41, 5.74) is 1.45. The highest BCUT2D eigenvalue weighted by Crippen LogP contribution is 2.27. The van der Waals surface area contributed by atoms with Crippen LogP contribution >= 0.6 is 0 Å². The van der Waals surface area contributed by atoms with E-state index in [-0.39, 0.29) is 5.56 Å². The highest BCUT2D eigenvalue weighted by atomic mass is 16.6. The highest BCUT2D eigenvalue weighted by molar-refractivity contribution is 6.02. The summed E-state index contributed by atoms with van der Waals surface area (Å²) in [4.78, 5) is 23.7. The standard InChI is InChI=1S/C19H19N3O4/c1-19(2,3)26-18(25)20-13-9-10-14-15(17(23)24)16(21-22(14)11-13)12-7-5-4-6-8-12/h4-11H,1-3H3,(H,20,25)(H,23,24). The molecule has 0 spiro atoms. The first-order valence-corrected chi connectivity index (χ1v) is 8.06. The molecule has 0 radical (unpaired) electrons. The number of hydrogen-bond donors (Lipinski definition) is 2. The third-order valence-electron chi connectivity index (χ3n) is 3.54. The third kappa shape index (κ3) is 3.66. The zero-order valence-corrected chi connectivity index (χ0v) is 14.7. The molecule has 0 aliphatic heterocycles. The van der Waals surface area contributed by atoms with Crippen molar-refractivity contribution in [1.82, 2.24) is 9.61 Å². The van der Waals surface area contributed by atoms with Gasteiger partial charge in [-0.3, -0.25) is 5.32 Å². The molecule has 2 heterocycles. The van der Waals surface area contributed by atoms with Gasteiger partial charge in [0.15, 0.2) is 0 Å². The van der Waals surface area contributed by atoms with Gasteiger partial charge in [-0.25, -0.2) is 14.1 Å². The Morgan fingerprint density at radius 3 is 2.42 bits per heavy atom. The highest BCUT2D eigenvalue weighted by Gasteiger charge is 2.21. The fourth-order valence-electron chi connectivity index (χ4n) is 2.55. The van der Waals surface area contributed by atoms with Crippen LogP contribution in [-0.2, 0) is 4.74 Å². The second kappa shape index (κ2) is 6.51. The van der Waals surface area contributed by atoms with Crippen LogP contribution in [0.4, 0.5) is 10.5 Å². The van der Waals surface area contributed by atoms with Gasteiger partial charge in [0.25, 0.3) is 0 Å². The van der Waals surface area contributed by atoms with Crippen LogP contribution < -0.4 is 5.32 Å². The van der Waals surface area contributed by atoms with E-state index in [0.717, 1.165) is 0 Å². The van der Waals surface area contributed by atoms with E-state index in [0.29, 0.717) is 22.5 Å². The summed E-state index contributed by atoms with van der Waals surface area (Å²) in [6, 6.07) is 12.3. The SMILES string of the molecule is CC(C)(C)OC(=O)Nc1ccc2c(C(=O)O)c(-c3ccccc3)nn2c1. The van der Waals surface area contributed by atoms with Gasteiger partial charge >= 0.3 is 12.1 Å². The van der Waals surface area contributed by atoms with Crippen molar-refractivity contribution in [1.29, 1.82) is 0 Å². The number of nitrogens with zero attached hydrogens (tertiary/aromatic N) is 2. The molecular formula is C19H19N3O4. The van der Waals surface area contributed by atoms with E-state index in [2.05, 4.69) is 10.4 Å². The zero-order valence-electron chi connectivity index (χ0n) is 14.7. The Morgan fingerprint density at radius 1 is 1.12 bits per heavy atom. The number of aromatic carboxylic acids is 1. The van der Waals surface area contributed by atoms with Gasteiger partial charge in [0.2, 0.25) is 0 Å². The molecule has 0 fully saturated rings. The number of hydrogen-bond acceptors (Lipinski definition) is 4. The van der Waals surface area contributed by atoms with Crippen LogP contribution in [0.1, 0.15) is 31.1 Å². The van der Waals surface area contributed by atoms with Crippen molar-refractivity contribution < 1.29 is 19.4 Å². The molecule has 3 aromatic rings. The molecule has 3 rings (SSSR count). The lowest BCUT2D eigenvalue weighted by atomic mass is 10.1. The largest absolute Gasteiger partial charge is 0.478 e. The Labute approximate surface area is 150 Å². The summed E-state index contributed by atoms with van der Waals surface area (Å²) in [5.74, 6) is -1.06. The third-order valence-corrected chi connectivity index (χ3v) is 3.54. The summed E-state index contributed by atoms with van der Waals surface area (Å²) in [7, 11) is 0. The molecule has 2 aromatic heterocycles. The summed E-state index contributed by atoms with van der Waals surface area (Å²) >= 11 is 0. The van der Waals surface area contributed by atoms with Crippen LogP contribution in [0.2, 0.25) is 0 Å². The smallest absolute Gasteiger partial charge is 0.412 e. The van der Waals surface area contributed by atoms with Crippen molar-refractivity contribution >= 4 is 23.3 Å². The summed E-state index contributed by atoms with van der Waals surface area (Å²) in [6.45, 7) is 5.32. The van der Waals surface area contributed by atoms with E-state index in [1.165, 1.54) is 4.52 Å². The molecule has 7 heteroatoms. The Bertz CT molecular complexity index is 972. The van der Waals surface area contributed by atoms with Gasteiger partial charge in [-0.2, -0.15) is 5.10 Å². The number of amides is 1. The predicted octanol–water partition coefficient (Wildman–Crippen LogP) is 4.05. The molecular weight excluding hydrogens is 334 g/mol. The Hall–Kier alpha value is -3.35. The molecule has 26 heavy (non-hydrogen) atoms. The minimum absolute atomic E-state index is 0.111. The van der Waals surface area contributed by atoms with Gasteiger partial charge < -0.3 is 9.84 Å². The van der Waals surface area contributed by atoms with Crippen molar-refractivity contribution in [3.8, 4) is 11.3 Å². The van der Waals surface area contributed by atoms with Gasteiger partial charge in [-0.05, 0) is 32.9 Å². The number of carbonyl (C=O) groups excluding carboxylic acids is 1. The molecule has 1 aromatic carbocycles. The quantitative estimate of drug-likeness (QED) is 0.741. The second-order valence-electron chi connectivity index (χ2n) is 6.77. The van der Waals surface area contributed by atoms with E-state index in [9.17, 15) is 14.7 Å². The van der Waals surface area contributed by atoms with E-state index >= 15 is 0 Å². The number of rotatable bonds is 3. The molecule has 1 amide bonds. The lowest BCUT2D eigenvalue weighted by Gasteiger charge is -2.19. The number of ether oxygens (including phenoxy) is 1. The molecule has 0 atom stereocenters. The maximum atomic E-state index is 11.9. The maximum Gasteiger partial charge on any atom is 0.412 e. The van der Waals surface area contributed by atoms with E-state index in [1.807, 2.05) is 18.2 Å². The summed E-state index contributed by atoms with van der Waals surface area (Å²) in [6.07, 6.45) is 0.962. The monoisotopic (exact) mass is 353 g/mol. The van der Waals surface area contributed by atoms with Crippen molar-refractivity contribution in [2.45, 2.75) is 26.4 Å². The number of carboxylic acid groups (broad SMARTS) is 1. The molecule has 2 N–H and O–H groups in total. The van der Waals surface area contributed by atoms with Gasteiger partial charge in [0, 0.05) is 5.56 Å². The van der Waals surface area contributed by atoms with E-state index in [4.69, 9.17) is 4.74 Å². The molecule has 0 aliphatic rings. The number of fused-ring (bicyclic) bond motifs is 1. The molecule has 0 saturated heterocycles. The van der Waals surface area contributed by atoms with Crippen LogP contribution in [0, 0.1) is 0 Å². The molecule has 0 bridgehead atoms. The minimum Gasteiger partial charge on any atom is -0.478 e. The van der Waals surface area contributed by atoms with E-state index in [1.54, 1.807) is 51.2 Å². The first-order chi connectivity index (χ1) is 12.2. The van der Waals surface area contributed by atoms with Crippen molar-refractivity contribution in [2.75, 3.05) is 5.32 Å². The summed E-state index contributed by atoms with van der Waals surface area (Å²) < 4.78 is 6.66. The number of nitrogens with one attached hydrogen (secondary N) is 1. The van der Waals surface area contributed by atoms with Crippen molar-refractivity contribution in [3.05, 3.63) is 54.2 Å². The first kappa shape index (κ1) is 17.5. The summed E-state index contributed by atoms with van der Waals surface area (Å²) in [5, 5.41) is 16.6. The Kier molecular flexibility index (Phi) is 4.38. The molecule has 0 aliphatic carbocycles. The number of pyridine rings is 1. The molecule has 0 saturated carbocycles. The minimum atomic E-state index is -1.06. The van der Waals surface area contributed by atoms with Crippen LogP contribution in [0.5, 0.6) is 0 Å². The van der Waals surface area contributed by atoms with Crippen LogP contribution in [0.3, 0.4) is 0 Å². The number of carbonyl (C=O) groups is 2.